The Balaban J connectivity index is 1.44. The zero-order valence-corrected chi connectivity index (χ0v) is 14.5. The fourth-order valence-corrected chi connectivity index (χ4v) is 3.43. The molecule has 2 aromatic heterocycles. The largest absolute Gasteiger partial charge is 0.374 e. The van der Waals surface area contributed by atoms with Crippen LogP contribution in [-0.2, 0) is 17.8 Å². The SMILES string of the molecule is Cc1cc2ccccc2n1CCC(=O)NCCCc1nnc(N)s1. The lowest BCUT2D eigenvalue weighted by Crippen LogP contribution is -2.25. The van der Waals surface area contributed by atoms with Gasteiger partial charge in [0.1, 0.15) is 5.01 Å². The molecule has 6 nitrogen and oxygen atoms in total. The molecule has 3 rings (SSSR count). The Morgan fingerprint density at radius 1 is 1.33 bits per heavy atom. The van der Waals surface area contributed by atoms with Crippen molar-refractivity contribution in [1.82, 2.24) is 20.1 Å². The van der Waals surface area contributed by atoms with Gasteiger partial charge in [0.2, 0.25) is 11.0 Å². The number of hydrogen-bond donors (Lipinski definition) is 2. The topological polar surface area (TPSA) is 85.8 Å². The Morgan fingerprint density at radius 3 is 2.96 bits per heavy atom. The lowest BCUT2D eigenvalue weighted by atomic mass is 10.2. The van der Waals surface area contributed by atoms with Crippen molar-refractivity contribution in [3.63, 3.8) is 0 Å². The maximum Gasteiger partial charge on any atom is 0.221 e. The normalized spacial score (nSPS) is 11.0. The summed E-state index contributed by atoms with van der Waals surface area (Å²) in [5.74, 6) is 0.0731. The number of nitrogens with two attached hydrogens (primary N) is 1. The minimum absolute atomic E-state index is 0.0731. The Labute approximate surface area is 144 Å². The van der Waals surface area contributed by atoms with Gasteiger partial charge in [0, 0.05) is 37.1 Å². The molecule has 0 spiro atoms. The first kappa shape index (κ1) is 16.4. The van der Waals surface area contributed by atoms with E-state index < -0.39 is 0 Å². The summed E-state index contributed by atoms with van der Waals surface area (Å²) < 4.78 is 2.19. The lowest BCUT2D eigenvalue weighted by Gasteiger charge is -2.09. The molecule has 0 aliphatic carbocycles. The van der Waals surface area contributed by atoms with E-state index in [0.717, 1.165) is 17.8 Å². The molecule has 0 fully saturated rings. The number of amides is 1. The van der Waals surface area contributed by atoms with Crippen molar-refractivity contribution in [2.24, 2.45) is 0 Å². The number of nitrogens with one attached hydrogen (secondary N) is 1. The van der Waals surface area contributed by atoms with Gasteiger partial charge in [-0.25, -0.2) is 0 Å². The Hall–Kier alpha value is -2.41. The summed E-state index contributed by atoms with van der Waals surface area (Å²) in [5.41, 5.74) is 7.90. The zero-order chi connectivity index (χ0) is 16.9. The van der Waals surface area contributed by atoms with E-state index >= 15 is 0 Å². The fourth-order valence-electron chi connectivity index (χ4n) is 2.78. The summed E-state index contributed by atoms with van der Waals surface area (Å²) >= 11 is 1.40. The number of carbonyl (C=O) groups is 1. The predicted molar refractivity (Wildman–Crippen MR) is 96.9 cm³/mol. The van der Waals surface area contributed by atoms with Gasteiger partial charge in [0.05, 0.1) is 0 Å². The molecule has 1 aromatic carbocycles. The van der Waals surface area contributed by atoms with Gasteiger partial charge in [-0.1, -0.05) is 29.5 Å². The van der Waals surface area contributed by atoms with E-state index in [1.165, 1.54) is 27.9 Å². The van der Waals surface area contributed by atoms with E-state index in [2.05, 4.69) is 45.2 Å². The molecule has 1 amide bonds. The summed E-state index contributed by atoms with van der Waals surface area (Å²) in [4.78, 5) is 12.0. The summed E-state index contributed by atoms with van der Waals surface area (Å²) in [6.07, 6.45) is 2.10. The molecular weight excluding hydrogens is 322 g/mol. The Morgan fingerprint density at radius 2 is 2.17 bits per heavy atom. The predicted octanol–water partition coefficient (Wildman–Crippen LogP) is 2.52. The molecule has 0 aliphatic heterocycles. The first-order valence-electron chi connectivity index (χ1n) is 8.03. The second-order valence-corrected chi connectivity index (χ2v) is 6.83. The van der Waals surface area contributed by atoms with Gasteiger partial charge in [-0.2, -0.15) is 0 Å². The zero-order valence-electron chi connectivity index (χ0n) is 13.7. The second kappa shape index (κ2) is 7.44. The number of fused-ring (bicyclic) bond motifs is 1. The molecule has 3 aromatic rings. The number of aromatic nitrogens is 3. The van der Waals surface area contributed by atoms with Crippen molar-refractivity contribution in [2.75, 3.05) is 12.3 Å². The van der Waals surface area contributed by atoms with Gasteiger partial charge in [-0.15, -0.1) is 10.2 Å². The van der Waals surface area contributed by atoms with E-state index in [4.69, 9.17) is 5.73 Å². The molecule has 0 unspecified atom stereocenters. The maximum atomic E-state index is 12.0. The fraction of sp³-hybridized carbons (Fsp3) is 0.353. The van der Waals surface area contributed by atoms with Crippen molar-refractivity contribution in [3.8, 4) is 0 Å². The average Bonchev–Trinajstić information content (AvgIpc) is 3.12. The van der Waals surface area contributed by atoms with Gasteiger partial charge in [-0.3, -0.25) is 4.79 Å². The highest BCUT2D eigenvalue weighted by molar-refractivity contribution is 7.15. The van der Waals surface area contributed by atoms with Gasteiger partial charge >= 0.3 is 0 Å². The van der Waals surface area contributed by atoms with Crippen LogP contribution in [0.4, 0.5) is 5.13 Å². The minimum atomic E-state index is 0.0731. The molecule has 0 bridgehead atoms. The molecule has 0 saturated carbocycles. The summed E-state index contributed by atoms with van der Waals surface area (Å²) in [6, 6.07) is 10.4. The third-order valence-corrected chi connectivity index (χ3v) is 4.76. The number of rotatable bonds is 7. The molecule has 7 heteroatoms. The maximum absolute atomic E-state index is 12.0. The summed E-state index contributed by atoms with van der Waals surface area (Å²) in [6.45, 7) is 3.41. The number of aryl methyl sites for hydroxylation is 3. The van der Waals surface area contributed by atoms with Crippen molar-refractivity contribution in [1.29, 1.82) is 0 Å². The van der Waals surface area contributed by atoms with Crippen molar-refractivity contribution in [3.05, 3.63) is 41.0 Å². The molecule has 24 heavy (non-hydrogen) atoms. The van der Waals surface area contributed by atoms with E-state index in [1.54, 1.807) is 0 Å². The third-order valence-electron chi connectivity index (χ3n) is 3.95. The van der Waals surface area contributed by atoms with Gasteiger partial charge in [-0.05, 0) is 30.9 Å². The number of nitrogen functional groups attached to an aromatic ring is 1. The molecule has 0 aliphatic rings. The van der Waals surface area contributed by atoms with Crippen LogP contribution < -0.4 is 11.1 Å². The number of para-hydroxylation sites is 1. The molecule has 0 radical (unpaired) electrons. The third kappa shape index (κ3) is 3.91. The summed E-state index contributed by atoms with van der Waals surface area (Å²) in [7, 11) is 0. The standard InChI is InChI=1S/C17H21N5OS/c1-12-11-13-5-2-3-6-14(13)22(12)10-8-15(23)19-9-4-7-16-20-21-17(18)24-16/h2-3,5-6,11H,4,7-10H2,1H3,(H2,18,21)(H,19,23). The smallest absolute Gasteiger partial charge is 0.221 e. The number of benzene rings is 1. The Bertz CT molecular complexity index is 838. The molecule has 2 heterocycles. The molecule has 0 atom stereocenters. The van der Waals surface area contributed by atoms with Gasteiger partial charge in [0.15, 0.2) is 0 Å². The second-order valence-electron chi connectivity index (χ2n) is 5.73. The van der Waals surface area contributed by atoms with Crippen molar-refractivity contribution < 1.29 is 4.79 Å². The van der Waals surface area contributed by atoms with E-state index in [0.29, 0.717) is 24.6 Å². The highest BCUT2D eigenvalue weighted by atomic mass is 32.1. The van der Waals surface area contributed by atoms with Crippen LogP contribution in [0.15, 0.2) is 30.3 Å². The number of anilines is 1. The van der Waals surface area contributed by atoms with Crippen LogP contribution in [0.1, 0.15) is 23.5 Å². The van der Waals surface area contributed by atoms with Gasteiger partial charge < -0.3 is 15.6 Å². The van der Waals surface area contributed by atoms with Crippen LogP contribution >= 0.6 is 11.3 Å². The molecule has 126 valence electrons. The van der Waals surface area contributed by atoms with Crippen LogP contribution in [0, 0.1) is 6.92 Å². The summed E-state index contributed by atoms with van der Waals surface area (Å²) in [5, 5.41) is 13.3. The van der Waals surface area contributed by atoms with E-state index in [1.807, 2.05) is 12.1 Å². The minimum Gasteiger partial charge on any atom is -0.374 e. The lowest BCUT2D eigenvalue weighted by molar-refractivity contribution is -0.121. The number of nitrogens with zero attached hydrogens (tertiary/aromatic N) is 3. The first-order chi connectivity index (χ1) is 11.6. The number of carbonyl (C=O) groups excluding carboxylic acids is 1. The quantitative estimate of drug-likeness (QED) is 0.646. The van der Waals surface area contributed by atoms with Crippen LogP contribution in [0.25, 0.3) is 10.9 Å². The molecular formula is C17H21N5OS. The van der Waals surface area contributed by atoms with Crippen molar-refractivity contribution in [2.45, 2.75) is 32.7 Å². The van der Waals surface area contributed by atoms with Crippen molar-refractivity contribution >= 4 is 33.3 Å². The van der Waals surface area contributed by atoms with E-state index in [9.17, 15) is 4.79 Å². The molecule has 3 N–H and O–H groups in total. The average molecular weight is 343 g/mol. The monoisotopic (exact) mass is 343 g/mol. The Kier molecular flexibility index (Phi) is 5.10. The number of hydrogen-bond acceptors (Lipinski definition) is 5. The van der Waals surface area contributed by atoms with Crippen LogP contribution in [-0.4, -0.2) is 27.2 Å². The first-order valence-corrected chi connectivity index (χ1v) is 8.84. The van der Waals surface area contributed by atoms with E-state index in [-0.39, 0.29) is 5.91 Å². The highest BCUT2D eigenvalue weighted by Gasteiger charge is 2.08. The van der Waals surface area contributed by atoms with Crippen LogP contribution in [0.3, 0.4) is 0 Å². The molecule has 0 saturated heterocycles. The van der Waals surface area contributed by atoms with Gasteiger partial charge in [0.25, 0.3) is 0 Å². The highest BCUT2D eigenvalue weighted by Crippen LogP contribution is 2.19. The van der Waals surface area contributed by atoms with Crippen LogP contribution in [0.2, 0.25) is 0 Å². The van der Waals surface area contributed by atoms with Crippen LogP contribution in [0.5, 0.6) is 0 Å².